The Balaban J connectivity index is 1.81. The number of rotatable bonds is 5. The summed E-state index contributed by atoms with van der Waals surface area (Å²) < 4.78 is 0. The molecule has 1 aromatic carbocycles. The number of aryl methyl sites for hydroxylation is 2. The molecular formula is C18H23NS. The number of benzene rings is 1. The Kier molecular flexibility index (Phi) is 4.54. The summed E-state index contributed by atoms with van der Waals surface area (Å²) in [5.74, 6) is 0. The smallest absolute Gasteiger partial charge is 0.0455 e. The van der Waals surface area contributed by atoms with Gasteiger partial charge in [0, 0.05) is 15.8 Å². The van der Waals surface area contributed by atoms with Crippen molar-refractivity contribution in [2.45, 2.75) is 45.1 Å². The second kappa shape index (κ2) is 6.55. The summed E-state index contributed by atoms with van der Waals surface area (Å²) in [6.07, 6.45) is 6.42. The molecular weight excluding hydrogens is 262 g/mol. The Morgan fingerprint density at radius 1 is 1.15 bits per heavy atom. The van der Waals surface area contributed by atoms with Gasteiger partial charge in [-0.05, 0) is 55.8 Å². The third kappa shape index (κ3) is 3.13. The number of nitrogens with one attached hydrogen (secondary N) is 1. The Bertz CT molecular complexity index is 520. The molecule has 0 saturated carbocycles. The van der Waals surface area contributed by atoms with E-state index in [0.29, 0.717) is 6.04 Å². The van der Waals surface area contributed by atoms with E-state index < -0.39 is 0 Å². The largest absolute Gasteiger partial charge is 0.309 e. The minimum atomic E-state index is 0.470. The highest BCUT2D eigenvalue weighted by Gasteiger charge is 2.18. The first kappa shape index (κ1) is 13.8. The van der Waals surface area contributed by atoms with Crippen LogP contribution in [-0.4, -0.2) is 6.54 Å². The number of likely N-dealkylation sites (N-methyl/N-ethyl adjacent to an activating group) is 1. The first-order valence-corrected chi connectivity index (χ1v) is 8.57. The average molecular weight is 285 g/mol. The zero-order chi connectivity index (χ0) is 13.8. The first-order chi connectivity index (χ1) is 9.86. The van der Waals surface area contributed by atoms with Crippen LogP contribution in [0.4, 0.5) is 0 Å². The number of hydrogen-bond acceptors (Lipinski definition) is 2. The molecule has 1 aromatic heterocycles. The second-order valence-corrected chi connectivity index (χ2v) is 6.77. The van der Waals surface area contributed by atoms with Gasteiger partial charge in [-0.15, -0.1) is 11.3 Å². The van der Waals surface area contributed by atoms with Crippen LogP contribution in [0, 0.1) is 0 Å². The molecule has 20 heavy (non-hydrogen) atoms. The van der Waals surface area contributed by atoms with Gasteiger partial charge in [-0.1, -0.05) is 37.3 Å². The van der Waals surface area contributed by atoms with E-state index in [1.54, 1.807) is 10.4 Å². The summed E-state index contributed by atoms with van der Waals surface area (Å²) >= 11 is 2.04. The third-order valence-electron chi connectivity index (χ3n) is 4.09. The molecule has 0 saturated heterocycles. The second-order valence-electron chi connectivity index (χ2n) is 5.60. The molecule has 1 atom stereocenters. The van der Waals surface area contributed by atoms with Gasteiger partial charge in [0.25, 0.3) is 0 Å². The number of thiophene rings is 1. The lowest BCUT2D eigenvalue weighted by Gasteiger charge is -2.16. The van der Waals surface area contributed by atoms with Gasteiger partial charge in [0.05, 0.1) is 0 Å². The SMILES string of the molecule is CCNC(Cc1ccccc1)c1cc2c(s1)CCCC2. The predicted octanol–water partition coefficient (Wildman–Crippen LogP) is 4.52. The standard InChI is InChI=1S/C18H23NS/c1-2-19-16(12-14-8-4-3-5-9-14)18-13-15-10-6-7-11-17(15)20-18/h3-5,8-9,13,16,19H,2,6-7,10-12H2,1H3. The molecule has 0 spiro atoms. The minimum absolute atomic E-state index is 0.470. The maximum Gasteiger partial charge on any atom is 0.0455 e. The van der Waals surface area contributed by atoms with Crippen LogP contribution < -0.4 is 5.32 Å². The lowest BCUT2D eigenvalue weighted by atomic mass is 9.98. The van der Waals surface area contributed by atoms with Gasteiger partial charge in [-0.25, -0.2) is 0 Å². The van der Waals surface area contributed by atoms with Crippen molar-refractivity contribution >= 4 is 11.3 Å². The van der Waals surface area contributed by atoms with Crippen LogP contribution in [0.1, 0.15) is 46.7 Å². The van der Waals surface area contributed by atoms with Crippen molar-refractivity contribution in [3.8, 4) is 0 Å². The molecule has 3 rings (SSSR count). The summed E-state index contributed by atoms with van der Waals surface area (Å²) in [6, 6.07) is 13.8. The Morgan fingerprint density at radius 2 is 1.95 bits per heavy atom. The highest BCUT2D eigenvalue weighted by molar-refractivity contribution is 7.12. The Hall–Kier alpha value is -1.12. The highest BCUT2D eigenvalue weighted by Crippen LogP contribution is 2.34. The van der Waals surface area contributed by atoms with E-state index in [0.717, 1.165) is 13.0 Å². The topological polar surface area (TPSA) is 12.0 Å². The summed E-state index contributed by atoms with van der Waals surface area (Å²) in [6.45, 7) is 3.23. The van der Waals surface area contributed by atoms with Crippen molar-refractivity contribution in [3.05, 3.63) is 57.3 Å². The van der Waals surface area contributed by atoms with Gasteiger partial charge in [-0.2, -0.15) is 0 Å². The van der Waals surface area contributed by atoms with Crippen molar-refractivity contribution in [2.75, 3.05) is 6.54 Å². The number of fused-ring (bicyclic) bond motifs is 1. The quantitative estimate of drug-likeness (QED) is 0.851. The molecule has 0 bridgehead atoms. The molecule has 1 heterocycles. The van der Waals surface area contributed by atoms with Crippen LogP contribution in [0.5, 0.6) is 0 Å². The molecule has 1 N–H and O–H groups in total. The molecule has 0 fully saturated rings. The van der Waals surface area contributed by atoms with E-state index >= 15 is 0 Å². The molecule has 2 aromatic rings. The lowest BCUT2D eigenvalue weighted by Crippen LogP contribution is -2.22. The lowest BCUT2D eigenvalue weighted by molar-refractivity contribution is 0.558. The summed E-state index contributed by atoms with van der Waals surface area (Å²) in [4.78, 5) is 3.17. The van der Waals surface area contributed by atoms with E-state index in [1.807, 2.05) is 11.3 Å². The predicted molar refractivity (Wildman–Crippen MR) is 87.5 cm³/mol. The van der Waals surface area contributed by atoms with E-state index in [1.165, 1.54) is 36.1 Å². The zero-order valence-electron chi connectivity index (χ0n) is 12.2. The molecule has 0 radical (unpaired) electrons. The summed E-state index contributed by atoms with van der Waals surface area (Å²) in [5, 5.41) is 3.67. The van der Waals surface area contributed by atoms with Gasteiger partial charge in [0.1, 0.15) is 0 Å². The van der Waals surface area contributed by atoms with Crippen molar-refractivity contribution in [3.63, 3.8) is 0 Å². The van der Waals surface area contributed by atoms with Crippen LogP contribution in [0.2, 0.25) is 0 Å². The van der Waals surface area contributed by atoms with E-state index in [9.17, 15) is 0 Å². The molecule has 1 aliphatic rings. The molecule has 2 heteroatoms. The third-order valence-corrected chi connectivity index (χ3v) is 5.44. The minimum Gasteiger partial charge on any atom is -0.309 e. The van der Waals surface area contributed by atoms with Crippen LogP contribution >= 0.6 is 11.3 Å². The summed E-state index contributed by atoms with van der Waals surface area (Å²) in [5.41, 5.74) is 3.04. The highest BCUT2D eigenvalue weighted by atomic mass is 32.1. The molecule has 0 aliphatic heterocycles. The molecule has 1 aliphatic carbocycles. The fraction of sp³-hybridized carbons (Fsp3) is 0.444. The van der Waals surface area contributed by atoms with Crippen molar-refractivity contribution in [2.24, 2.45) is 0 Å². The van der Waals surface area contributed by atoms with Crippen LogP contribution in [0.25, 0.3) is 0 Å². The normalized spacial score (nSPS) is 15.8. The maximum absolute atomic E-state index is 3.67. The van der Waals surface area contributed by atoms with Gasteiger partial charge >= 0.3 is 0 Å². The first-order valence-electron chi connectivity index (χ1n) is 7.75. The van der Waals surface area contributed by atoms with Gasteiger partial charge < -0.3 is 5.32 Å². The fourth-order valence-electron chi connectivity index (χ4n) is 3.05. The van der Waals surface area contributed by atoms with Crippen molar-refractivity contribution in [1.82, 2.24) is 5.32 Å². The van der Waals surface area contributed by atoms with Crippen LogP contribution in [0.15, 0.2) is 36.4 Å². The molecule has 106 valence electrons. The molecule has 1 unspecified atom stereocenters. The van der Waals surface area contributed by atoms with Crippen LogP contribution in [-0.2, 0) is 19.3 Å². The number of hydrogen-bond donors (Lipinski definition) is 1. The fourth-order valence-corrected chi connectivity index (χ4v) is 4.39. The Labute approximate surface area is 126 Å². The maximum atomic E-state index is 3.67. The van der Waals surface area contributed by atoms with Gasteiger partial charge in [0.15, 0.2) is 0 Å². The van der Waals surface area contributed by atoms with Crippen LogP contribution in [0.3, 0.4) is 0 Å². The van der Waals surface area contributed by atoms with E-state index in [2.05, 4.69) is 48.6 Å². The van der Waals surface area contributed by atoms with E-state index in [-0.39, 0.29) is 0 Å². The molecule has 1 nitrogen and oxygen atoms in total. The average Bonchev–Trinajstić information content (AvgIpc) is 2.92. The van der Waals surface area contributed by atoms with Crippen molar-refractivity contribution < 1.29 is 0 Å². The van der Waals surface area contributed by atoms with Crippen molar-refractivity contribution in [1.29, 1.82) is 0 Å². The van der Waals surface area contributed by atoms with Gasteiger partial charge in [0.2, 0.25) is 0 Å². The van der Waals surface area contributed by atoms with E-state index in [4.69, 9.17) is 0 Å². The Morgan fingerprint density at radius 3 is 2.70 bits per heavy atom. The molecule has 0 amide bonds. The summed E-state index contributed by atoms with van der Waals surface area (Å²) in [7, 11) is 0. The van der Waals surface area contributed by atoms with Gasteiger partial charge in [-0.3, -0.25) is 0 Å². The monoisotopic (exact) mass is 285 g/mol. The zero-order valence-corrected chi connectivity index (χ0v) is 13.0.